The number of carbonyl (C=O) groups is 1. The fourth-order valence-corrected chi connectivity index (χ4v) is 3.02. The molecule has 0 saturated heterocycles. The molecule has 1 aromatic rings. The minimum atomic E-state index is -3.82. The second kappa shape index (κ2) is 5.07. The Morgan fingerprint density at radius 3 is 2.83 bits per heavy atom. The van der Waals surface area contributed by atoms with Gasteiger partial charge < -0.3 is 5.11 Å². The third-order valence-corrected chi connectivity index (χ3v) is 4.61. The Balaban J connectivity index is 2.00. The van der Waals surface area contributed by atoms with E-state index in [1.54, 1.807) is 0 Å². The van der Waals surface area contributed by atoms with Crippen LogP contribution in [0.25, 0.3) is 0 Å². The van der Waals surface area contributed by atoms with Gasteiger partial charge in [0.25, 0.3) is 10.0 Å². The van der Waals surface area contributed by atoms with E-state index in [2.05, 4.69) is 14.9 Å². The van der Waals surface area contributed by atoms with Crippen LogP contribution in [0.15, 0.2) is 11.2 Å². The lowest BCUT2D eigenvalue weighted by Crippen LogP contribution is -2.29. The molecule has 0 aliphatic heterocycles. The molecule has 2 rings (SSSR count). The lowest BCUT2D eigenvalue weighted by atomic mass is 9.83. The Bertz CT molecular complexity index is 533. The van der Waals surface area contributed by atoms with Crippen molar-refractivity contribution in [2.45, 2.75) is 30.7 Å². The van der Waals surface area contributed by atoms with Crippen molar-refractivity contribution in [2.24, 2.45) is 5.92 Å². The lowest BCUT2D eigenvalue weighted by Gasteiger charge is -2.24. The van der Waals surface area contributed by atoms with Crippen LogP contribution in [-0.4, -0.2) is 36.2 Å². The van der Waals surface area contributed by atoms with Gasteiger partial charge in [0.1, 0.15) is 5.56 Å². The molecular weight excluding hydrogens is 258 g/mol. The van der Waals surface area contributed by atoms with Crippen LogP contribution >= 0.6 is 0 Å². The van der Waals surface area contributed by atoms with Crippen LogP contribution in [0, 0.1) is 5.92 Å². The van der Waals surface area contributed by atoms with Crippen molar-refractivity contribution in [3.63, 3.8) is 0 Å². The third kappa shape index (κ3) is 2.70. The summed E-state index contributed by atoms with van der Waals surface area (Å²) in [5.41, 5.74) is -0.342. The summed E-state index contributed by atoms with van der Waals surface area (Å²) in [6.45, 7) is 0.324. The molecule has 0 aromatic carbocycles. The van der Waals surface area contributed by atoms with E-state index in [1.807, 2.05) is 0 Å². The molecule has 18 heavy (non-hydrogen) atoms. The standard InChI is InChI=1S/C10H15N3O4S/c14-10(15)8-6-11-13-9(8)18(16,17)12-5-4-7-2-1-3-7/h6-7,12H,1-5H2,(H,11,13)(H,14,15). The number of nitrogens with zero attached hydrogens (tertiary/aromatic N) is 1. The first-order valence-corrected chi connectivity index (χ1v) is 7.25. The summed E-state index contributed by atoms with van der Waals surface area (Å²) in [5.74, 6) is -0.725. The number of aromatic amines is 1. The van der Waals surface area contributed by atoms with Crippen molar-refractivity contribution in [3.05, 3.63) is 11.8 Å². The van der Waals surface area contributed by atoms with Gasteiger partial charge in [-0.25, -0.2) is 17.9 Å². The van der Waals surface area contributed by atoms with Crippen LogP contribution < -0.4 is 4.72 Å². The van der Waals surface area contributed by atoms with E-state index < -0.39 is 16.0 Å². The molecule has 0 atom stereocenters. The zero-order valence-corrected chi connectivity index (χ0v) is 10.5. The summed E-state index contributed by atoms with van der Waals surface area (Å²) in [6.07, 6.45) is 5.28. The van der Waals surface area contributed by atoms with Gasteiger partial charge in [-0.3, -0.25) is 5.10 Å². The van der Waals surface area contributed by atoms with Gasteiger partial charge in [0.2, 0.25) is 0 Å². The first-order chi connectivity index (χ1) is 8.50. The molecular formula is C10H15N3O4S. The van der Waals surface area contributed by atoms with Gasteiger partial charge in [0.05, 0.1) is 6.20 Å². The number of nitrogens with one attached hydrogen (secondary N) is 2. The predicted molar refractivity (Wildman–Crippen MR) is 62.7 cm³/mol. The molecule has 1 saturated carbocycles. The van der Waals surface area contributed by atoms with E-state index >= 15 is 0 Å². The molecule has 0 amide bonds. The maximum absolute atomic E-state index is 11.9. The highest BCUT2D eigenvalue weighted by Gasteiger charge is 2.25. The van der Waals surface area contributed by atoms with Crippen molar-refractivity contribution in [1.82, 2.24) is 14.9 Å². The van der Waals surface area contributed by atoms with Crippen molar-refractivity contribution in [2.75, 3.05) is 6.54 Å². The van der Waals surface area contributed by atoms with Crippen LogP contribution in [0.3, 0.4) is 0 Å². The average Bonchev–Trinajstić information content (AvgIpc) is 2.71. The summed E-state index contributed by atoms with van der Waals surface area (Å²) in [5, 5.41) is 14.1. The summed E-state index contributed by atoms with van der Waals surface area (Å²) in [4.78, 5) is 10.8. The molecule has 1 heterocycles. The van der Waals surface area contributed by atoms with Gasteiger partial charge in [-0.1, -0.05) is 19.3 Å². The molecule has 0 spiro atoms. The third-order valence-electron chi connectivity index (χ3n) is 3.17. The largest absolute Gasteiger partial charge is 0.478 e. The molecule has 1 aromatic heterocycles. The number of aromatic carboxylic acids is 1. The van der Waals surface area contributed by atoms with E-state index in [9.17, 15) is 13.2 Å². The van der Waals surface area contributed by atoms with Gasteiger partial charge in [-0.2, -0.15) is 5.10 Å². The first-order valence-electron chi connectivity index (χ1n) is 5.77. The number of hydrogen-bond acceptors (Lipinski definition) is 4. The van der Waals surface area contributed by atoms with E-state index in [1.165, 1.54) is 6.42 Å². The van der Waals surface area contributed by atoms with Gasteiger partial charge in [0, 0.05) is 6.54 Å². The van der Waals surface area contributed by atoms with E-state index in [-0.39, 0.29) is 10.6 Å². The quantitative estimate of drug-likeness (QED) is 0.701. The molecule has 100 valence electrons. The van der Waals surface area contributed by atoms with Crippen LogP contribution in [-0.2, 0) is 10.0 Å². The Morgan fingerprint density at radius 1 is 1.56 bits per heavy atom. The van der Waals surface area contributed by atoms with Crippen molar-refractivity contribution in [3.8, 4) is 0 Å². The minimum absolute atomic E-state index is 0.324. The summed E-state index contributed by atoms with van der Waals surface area (Å²) in [7, 11) is -3.82. The number of hydrogen-bond donors (Lipinski definition) is 3. The van der Waals surface area contributed by atoms with Crippen molar-refractivity contribution < 1.29 is 18.3 Å². The molecule has 8 heteroatoms. The number of carboxylic acids is 1. The SMILES string of the molecule is O=C(O)c1cn[nH]c1S(=O)(=O)NCCC1CCC1. The van der Waals surface area contributed by atoms with E-state index in [0.717, 1.165) is 25.5 Å². The minimum Gasteiger partial charge on any atom is -0.478 e. The summed E-state index contributed by atoms with van der Waals surface area (Å²) >= 11 is 0. The highest BCUT2D eigenvalue weighted by Crippen LogP contribution is 2.28. The molecule has 0 radical (unpaired) electrons. The zero-order chi connectivity index (χ0) is 13.2. The highest BCUT2D eigenvalue weighted by atomic mass is 32.2. The molecule has 3 N–H and O–H groups in total. The Kier molecular flexibility index (Phi) is 3.67. The molecule has 7 nitrogen and oxygen atoms in total. The molecule has 0 unspecified atom stereocenters. The van der Waals surface area contributed by atoms with Gasteiger partial charge in [-0.05, 0) is 12.3 Å². The predicted octanol–water partition coefficient (Wildman–Crippen LogP) is 0.576. The van der Waals surface area contributed by atoms with Crippen LogP contribution in [0.5, 0.6) is 0 Å². The highest BCUT2D eigenvalue weighted by molar-refractivity contribution is 7.89. The van der Waals surface area contributed by atoms with Gasteiger partial charge in [-0.15, -0.1) is 0 Å². The second-order valence-corrected chi connectivity index (χ2v) is 6.11. The maximum atomic E-state index is 11.9. The molecule has 1 fully saturated rings. The van der Waals surface area contributed by atoms with Gasteiger partial charge in [0.15, 0.2) is 5.03 Å². The van der Waals surface area contributed by atoms with Crippen molar-refractivity contribution >= 4 is 16.0 Å². The number of sulfonamides is 1. The van der Waals surface area contributed by atoms with E-state index in [0.29, 0.717) is 12.5 Å². The Hall–Kier alpha value is -1.41. The number of carboxylic acid groups (broad SMARTS) is 1. The monoisotopic (exact) mass is 273 g/mol. The average molecular weight is 273 g/mol. The second-order valence-electron chi connectivity index (χ2n) is 4.40. The number of rotatable bonds is 6. The topological polar surface area (TPSA) is 112 Å². The summed E-state index contributed by atoms with van der Waals surface area (Å²) in [6, 6.07) is 0. The van der Waals surface area contributed by atoms with Crippen LogP contribution in [0.4, 0.5) is 0 Å². The Labute approximate surface area is 105 Å². The normalized spacial score (nSPS) is 16.4. The van der Waals surface area contributed by atoms with Crippen molar-refractivity contribution in [1.29, 1.82) is 0 Å². The van der Waals surface area contributed by atoms with E-state index in [4.69, 9.17) is 5.11 Å². The van der Waals surface area contributed by atoms with Gasteiger partial charge >= 0.3 is 5.97 Å². The molecule has 1 aliphatic carbocycles. The lowest BCUT2D eigenvalue weighted by molar-refractivity contribution is 0.0692. The smallest absolute Gasteiger partial charge is 0.340 e. The zero-order valence-electron chi connectivity index (χ0n) is 9.72. The van der Waals surface area contributed by atoms with Crippen LogP contribution in [0.2, 0.25) is 0 Å². The molecule has 0 bridgehead atoms. The maximum Gasteiger partial charge on any atom is 0.340 e. The Morgan fingerprint density at radius 2 is 2.28 bits per heavy atom. The summed E-state index contributed by atoms with van der Waals surface area (Å²) < 4.78 is 26.1. The fourth-order valence-electron chi connectivity index (χ4n) is 1.88. The number of aromatic nitrogens is 2. The number of H-pyrrole nitrogens is 1. The first kappa shape index (κ1) is 13.0. The fraction of sp³-hybridized carbons (Fsp3) is 0.600. The molecule has 1 aliphatic rings. The van der Waals surface area contributed by atoms with Crippen LogP contribution in [0.1, 0.15) is 36.0 Å².